The fourth-order valence-electron chi connectivity index (χ4n) is 4.49. The predicted octanol–water partition coefficient (Wildman–Crippen LogP) is 5.36. The van der Waals surface area contributed by atoms with Gasteiger partial charge in [-0.3, -0.25) is 0 Å². The number of rotatable bonds is 4. The van der Waals surface area contributed by atoms with E-state index in [0.29, 0.717) is 5.92 Å². The average molecular weight is 409 g/mol. The Morgan fingerprint density at radius 3 is 2.13 bits per heavy atom. The number of hydrogen-bond acceptors (Lipinski definition) is 4. The third-order valence-corrected chi connectivity index (χ3v) is 6.14. The van der Waals surface area contributed by atoms with Crippen LogP contribution in [0, 0.1) is 0 Å². The molecule has 0 aromatic heterocycles. The lowest BCUT2D eigenvalue weighted by Crippen LogP contribution is -2.15. The molecule has 0 aliphatic carbocycles. The molecule has 2 aliphatic rings. The maximum Gasteiger partial charge on any atom is 0.0653 e. The van der Waals surface area contributed by atoms with Gasteiger partial charge in [-0.15, -0.1) is 0 Å². The van der Waals surface area contributed by atoms with Crippen LogP contribution in [0.1, 0.15) is 61.3 Å². The highest BCUT2D eigenvalue weighted by molar-refractivity contribution is 5.73. The summed E-state index contributed by atoms with van der Waals surface area (Å²) in [7, 11) is 0. The first-order chi connectivity index (χ1) is 14.7. The number of nitrogen functional groups attached to an aromatic ring is 2. The number of hydrogen-bond donors (Lipinski definition) is 2. The zero-order valence-electron chi connectivity index (χ0n) is 18.5. The topological polar surface area (TPSA) is 70.5 Å². The summed E-state index contributed by atoms with van der Waals surface area (Å²) < 4.78 is 10.7. The second-order valence-corrected chi connectivity index (χ2v) is 7.94. The van der Waals surface area contributed by atoms with Gasteiger partial charge >= 0.3 is 0 Å². The number of benzene rings is 2. The molecule has 2 aromatic carbocycles. The van der Waals surface area contributed by atoms with Gasteiger partial charge in [0.25, 0.3) is 0 Å². The predicted molar refractivity (Wildman–Crippen MR) is 127 cm³/mol. The van der Waals surface area contributed by atoms with Crippen LogP contribution < -0.4 is 11.5 Å². The summed E-state index contributed by atoms with van der Waals surface area (Å²) in [4.78, 5) is 0. The van der Waals surface area contributed by atoms with E-state index in [4.69, 9.17) is 20.9 Å². The highest BCUT2D eigenvalue weighted by Crippen LogP contribution is 2.32. The van der Waals surface area contributed by atoms with Crippen molar-refractivity contribution in [3.63, 3.8) is 0 Å². The smallest absolute Gasteiger partial charge is 0.0653 e. The van der Waals surface area contributed by atoms with Gasteiger partial charge in [0, 0.05) is 24.6 Å². The number of nitrogens with two attached hydrogens (primary N) is 2. The van der Waals surface area contributed by atoms with E-state index in [1.807, 2.05) is 18.2 Å². The number of anilines is 2. The van der Waals surface area contributed by atoms with Gasteiger partial charge in [0.05, 0.1) is 13.2 Å². The van der Waals surface area contributed by atoms with Crippen LogP contribution in [0.3, 0.4) is 0 Å². The SMILES string of the molecule is CCc1c(N)cccc1C1=CCOCC1.CCc1c(N)cccc1C1CCOCC1. The van der Waals surface area contributed by atoms with E-state index in [9.17, 15) is 0 Å². The lowest BCUT2D eigenvalue weighted by Gasteiger charge is -2.25. The van der Waals surface area contributed by atoms with Gasteiger partial charge in [-0.05, 0) is 78.0 Å². The lowest BCUT2D eigenvalue weighted by atomic mass is 9.87. The Bertz CT molecular complexity index is 854. The van der Waals surface area contributed by atoms with E-state index >= 15 is 0 Å². The highest BCUT2D eigenvalue weighted by Gasteiger charge is 2.19. The molecule has 2 heterocycles. The van der Waals surface area contributed by atoms with Crippen LogP contribution in [-0.2, 0) is 22.3 Å². The quantitative estimate of drug-likeness (QED) is 0.668. The standard InChI is InChI=1S/C13H19NO.C13H17NO/c2*1-2-11-12(4-3-5-13(11)14)10-6-8-15-9-7-10/h3-5,10H,2,6-9,14H2,1H3;3-6H,2,7-9,14H2,1H3. The molecule has 0 atom stereocenters. The summed E-state index contributed by atoms with van der Waals surface area (Å²) in [5.41, 5.74) is 20.6. The Hall–Kier alpha value is -2.30. The third-order valence-electron chi connectivity index (χ3n) is 6.14. The van der Waals surface area contributed by atoms with E-state index in [2.05, 4.69) is 38.1 Å². The molecule has 30 heavy (non-hydrogen) atoms. The van der Waals surface area contributed by atoms with Crippen molar-refractivity contribution in [2.45, 2.75) is 51.9 Å². The largest absolute Gasteiger partial charge is 0.398 e. The van der Waals surface area contributed by atoms with Crippen molar-refractivity contribution in [2.75, 3.05) is 37.9 Å². The van der Waals surface area contributed by atoms with Crippen LogP contribution in [0.15, 0.2) is 42.5 Å². The molecule has 0 bridgehead atoms. The molecule has 0 spiro atoms. The molecule has 0 radical (unpaired) electrons. The van der Waals surface area contributed by atoms with Crippen molar-refractivity contribution in [2.24, 2.45) is 0 Å². The summed E-state index contributed by atoms with van der Waals surface area (Å²) in [5.74, 6) is 0.650. The Kier molecular flexibility index (Phi) is 8.35. The van der Waals surface area contributed by atoms with Crippen molar-refractivity contribution in [3.05, 3.63) is 64.7 Å². The van der Waals surface area contributed by atoms with Crippen molar-refractivity contribution in [3.8, 4) is 0 Å². The second kappa shape index (κ2) is 11.2. The van der Waals surface area contributed by atoms with Crippen molar-refractivity contribution >= 4 is 16.9 Å². The van der Waals surface area contributed by atoms with Crippen molar-refractivity contribution in [1.29, 1.82) is 0 Å². The van der Waals surface area contributed by atoms with Gasteiger partial charge in [0.2, 0.25) is 0 Å². The average Bonchev–Trinajstić information content (AvgIpc) is 2.80. The van der Waals surface area contributed by atoms with E-state index in [-0.39, 0.29) is 0 Å². The van der Waals surface area contributed by atoms with E-state index in [1.54, 1.807) is 0 Å². The first-order valence-corrected chi connectivity index (χ1v) is 11.2. The van der Waals surface area contributed by atoms with Gasteiger partial charge in [-0.25, -0.2) is 0 Å². The van der Waals surface area contributed by atoms with Crippen LogP contribution in [0.2, 0.25) is 0 Å². The second-order valence-electron chi connectivity index (χ2n) is 7.94. The molecule has 162 valence electrons. The minimum atomic E-state index is 0.650. The van der Waals surface area contributed by atoms with Gasteiger partial charge in [0.15, 0.2) is 0 Å². The van der Waals surface area contributed by atoms with Gasteiger partial charge in [-0.2, -0.15) is 0 Å². The molecule has 4 nitrogen and oxygen atoms in total. The minimum Gasteiger partial charge on any atom is -0.398 e. The zero-order chi connectivity index (χ0) is 21.3. The molecule has 2 aromatic rings. The van der Waals surface area contributed by atoms with Crippen LogP contribution in [0.4, 0.5) is 11.4 Å². The fourth-order valence-corrected chi connectivity index (χ4v) is 4.49. The molecular formula is C26H36N2O2. The molecule has 4 heteroatoms. The summed E-state index contributed by atoms with van der Waals surface area (Å²) in [6.45, 7) is 7.66. The van der Waals surface area contributed by atoms with Gasteiger partial charge < -0.3 is 20.9 Å². The third kappa shape index (κ3) is 5.44. The normalized spacial score (nSPS) is 17.1. The Morgan fingerprint density at radius 1 is 0.833 bits per heavy atom. The highest BCUT2D eigenvalue weighted by atomic mass is 16.5. The minimum absolute atomic E-state index is 0.650. The van der Waals surface area contributed by atoms with Gasteiger partial charge in [0.1, 0.15) is 0 Å². The van der Waals surface area contributed by atoms with Crippen LogP contribution in [0.25, 0.3) is 5.57 Å². The summed E-state index contributed by atoms with van der Waals surface area (Å²) in [6.07, 6.45) is 7.44. The maximum atomic E-state index is 6.01. The first-order valence-electron chi connectivity index (χ1n) is 11.2. The molecule has 0 saturated carbocycles. The molecule has 4 N–H and O–H groups in total. The summed E-state index contributed by atoms with van der Waals surface area (Å²) in [6, 6.07) is 12.5. The molecule has 0 amide bonds. The fraction of sp³-hybridized carbons (Fsp3) is 0.462. The van der Waals surface area contributed by atoms with Crippen LogP contribution in [-0.4, -0.2) is 26.4 Å². The molecule has 4 rings (SSSR count). The molecule has 1 fully saturated rings. The van der Waals surface area contributed by atoms with E-state index < -0.39 is 0 Å². The first kappa shape index (κ1) is 22.4. The van der Waals surface area contributed by atoms with Crippen LogP contribution >= 0.6 is 0 Å². The Labute approximate surface area is 181 Å². The van der Waals surface area contributed by atoms with Gasteiger partial charge in [-0.1, -0.05) is 44.2 Å². The van der Waals surface area contributed by atoms with Crippen molar-refractivity contribution in [1.82, 2.24) is 0 Å². The summed E-state index contributed by atoms with van der Waals surface area (Å²) in [5, 5.41) is 0. The van der Waals surface area contributed by atoms with E-state index in [1.165, 1.54) is 27.8 Å². The van der Waals surface area contributed by atoms with E-state index in [0.717, 1.165) is 69.9 Å². The molecule has 2 aliphatic heterocycles. The monoisotopic (exact) mass is 408 g/mol. The Morgan fingerprint density at radius 2 is 1.50 bits per heavy atom. The molecular weight excluding hydrogens is 372 g/mol. The summed E-state index contributed by atoms with van der Waals surface area (Å²) >= 11 is 0. The van der Waals surface area contributed by atoms with Crippen LogP contribution in [0.5, 0.6) is 0 Å². The lowest BCUT2D eigenvalue weighted by molar-refractivity contribution is 0.0852. The molecule has 1 saturated heterocycles. The number of ether oxygens (including phenoxy) is 2. The van der Waals surface area contributed by atoms with Crippen molar-refractivity contribution < 1.29 is 9.47 Å². The molecule has 0 unspecified atom stereocenters. The Balaban J connectivity index is 0.000000171. The maximum absolute atomic E-state index is 6.01. The zero-order valence-corrected chi connectivity index (χ0v) is 18.5.